The Hall–Kier alpha value is -1.59. The Morgan fingerprint density at radius 3 is 2.65 bits per heavy atom. The number of nitrogens with zero attached hydrogens (tertiary/aromatic N) is 1. The van der Waals surface area contributed by atoms with Crippen LogP contribution >= 0.6 is 0 Å². The summed E-state index contributed by atoms with van der Waals surface area (Å²) < 4.78 is 0. The molecule has 5 N–H and O–H groups in total. The van der Waals surface area contributed by atoms with Crippen LogP contribution in [0.4, 0.5) is 0 Å². The van der Waals surface area contributed by atoms with Gasteiger partial charge in [-0.25, -0.2) is 0 Å². The number of nitrogens with two attached hydrogens (primary N) is 1. The van der Waals surface area contributed by atoms with Gasteiger partial charge in [-0.2, -0.15) is 0 Å². The predicted octanol–water partition coefficient (Wildman–Crippen LogP) is 0.836. The molecule has 1 rings (SSSR count). The van der Waals surface area contributed by atoms with Crippen LogP contribution in [-0.2, 0) is 0 Å². The molecule has 0 amide bonds. The molecule has 0 fully saturated rings. The van der Waals surface area contributed by atoms with E-state index in [4.69, 9.17) is 16.0 Å². The molecule has 0 aromatic heterocycles. The van der Waals surface area contributed by atoms with E-state index in [0.29, 0.717) is 19.4 Å². The minimum absolute atomic E-state index is 0.00125. The third kappa shape index (κ3) is 4.84. The smallest absolute Gasteiger partial charge is 0.141 e. The summed E-state index contributed by atoms with van der Waals surface area (Å²) in [7, 11) is 0. The minimum atomic E-state index is -0.00125. The molecule has 0 heterocycles. The Morgan fingerprint density at radius 1 is 1.35 bits per heavy atom. The van der Waals surface area contributed by atoms with Gasteiger partial charge < -0.3 is 21.4 Å². The second-order valence-corrected chi connectivity index (χ2v) is 3.79. The number of hydrogen-bond donors (Lipinski definition) is 4. The predicted molar refractivity (Wildman–Crippen MR) is 66.9 cm³/mol. The van der Waals surface area contributed by atoms with Crippen molar-refractivity contribution in [3.63, 3.8) is 0 Å². The highest BCUT2D eigenvalue weighted by molar-refractivity contribution is 5.80. The fourth-order valence-corrected chi connectivity index (χ4v) is 1.60. The number of nitrogens with one attached hydrogen (secondary N) is 1. The van der Waals surface area contributed by atoms with Crippen molar-refractivity contribution in [2.45, 2.75) is 18.9 Å². The van der Waals surface area contributed by atoms with Crippen LogP contribution in [0, 0.1) is 0 Å². The second kappa shape index (κ2) is 7.65. The Kier molecular flexibility index (Phi) is 6.06. The number of amidine groups is 1. The molecule has 94 valence electrons. The molecule has 0 aliphatic heterocycles. The van der Waals surface area contributed by atoms with Gasteiger partial charge in [0.25, 0.3) is 0 Å². The summed E-state index contributed by atoms with van der Waals surface area (Å²) in [6.45, 7) is 0.840. The zero-order chi connectivity index (χ0) is 12.5. The maximum Gasteiger partial charge on any atom is 0.141 e. The van der Waals surface area contributed by atoms with Crippen LogP contribution in [0.15, 0.2) is 35.5 Å². The van der Waals surface area contributed by atoms with E-state index in [1.54, 1.807) is 0 Å². The molecule has 5 nitrogen and oxygen atoms in total. The summed E-state index contributed by atoms with van der Waals surface area (Å²) in [5, 5.41) is 23.6. The zero-order valence-electron chi connectivity index (χ0n) is 9.71. The van der Waals surface area contributed by atoms with E-state index in [2.05, 4.69) is 10.5 Å². The van der Waals surface area contributed by atoms with Crippen LogP contribution in [0.1, 0.15) is 24.4 Å². The highest BCUT2D eigenvalue weighted by atomic mass is 16.4. The molecular weight excluding hydrogens is 218 g/mol. The lowest BCUT2D eigenvalue weighted by molar-refractivity contribution is 0.283. The van der Waals surface area contributed by atoms with Gasteiger partial charge in [0, 0.05) is 19.1 Å². The Morgan fingerprint density at radius 2 is 2.06 bits per heavy atom. The quantitative estimate of drug-likeness (QED) is 0.186. The lowest BCUT2D eigenvalue weighted by Crippen LogP contribution is -2.28. The fourth-order valence-electron chi connectivity index (χ4n) is 1.60. The van der Waals surface area contributed by atoms with Gasteiger partial charge in [-0.3, -0.25) is 0 Å². The molecule has 0 radical (unpaired) electrons. The summed E-state index contributed by atoms with van der Waals surface area (Å²) in [6.07, 6.45) is 1.12. The highest BCUT2D eigenvalue weighted by Crippen LogP contribution is 2.16. The van der Waals surface area contributed by atoms with Gasteiger partial charge in [-0.15, -0.1) is 0 Å². The highest BCUT2D eigenvalue weighted by Gasteiger charge is 2.12. The van der Waals surface area contributed by atoms with Crippen molar-refractivity contribution in [1.29, 1.82) is 0 Å². The molecule has 0 aliphatic rings. The SMILES string of the molecule is NC(CC(NCCCO)c1ccccc1)=NO. The normalized spacial score (nSPS) is 13.6. The van der Waals surface area contributed by atoms with Crippen molar-refractivity contribution in [3.8, 4) is 0 Å². The molecule has 1 aromatic rings. The first-order valence-electron chi connectivity index (χ1n) is 5.63. The van der Waals surface area contributed by atoms with Crippen molar-refractivity contribution < 1.29 is 10.3 Å². The molecule has 1 unspecified atom stereocenters. The fraction of sp³-hybridized carbons (Fsp3) is 0.417. The van der Waals surface area contributed by atoms with E-state index >= 15 is 0 Å². The van der Waals surface area contributed by atoms with Crippen molar-refractivity contribution in [3.05, 3.63) is 35.9 Å². The van der Waals surface area contributed by atoms with Gasteiger partial charge in [0.1, 0.15) is 5.84 Å². The number of rotatable bonds is 7. The number of aliphatic hydroxyl groups excluding tert-OH is 1. The summed E-state index contributed by atoms with van der Waals surface area (Å²) in [5.41, 5.74) is 6.61. The second-order valence-electron chi connectivity index (χ2n) is 3.79. The molecule has 0 saturated heterocycles. The standard InChI is InChI=1S/C12H19N3O2/c13-12(15-17)9-11(14-7-4-8-16)10-5-2-1-3-6-10/h1-3,5-6,11,14,16-17H,4,7-9H2,(H2,13,15). The molecule has 1 atom stereocenters. The number of aliphatic hydroxyl groups is 1. The van der Waals surface area contributed by atoms with Crippen LogP contribution in [0.3, 0.4) is 0 Å². The summed E-state index contributed by atoms with van der Waals surface area (Å²) in [4.78, 5) is 0. The first-order chi connectivity index (χ1) is 8.27. The molecular formula is C12H19N3O2. The van der Waals surface area contributed by atoms with E-state index in [0.717, 1.165) is 5.56 Å². The number of oxime groups is 1. The molecule has 0 aliphatic carbocycles. The minimum Gasteiger partial charge on any atom is -0.409 e. The van der Waals surface area contributed by atoms with Crippen molar-refractivity contribution in [1.82, 2.24) is 5.32 Å². The Balaban J connectivity index is 2.65. The van der Waals surface area contributed by atoms with E-state index < -0.39 is 0 Å². The lowest BCUT2D eigenvalue weighted by Gasteiger charge is -2.18. The van der Waals surface area contributed by atoms with Crippen molar-refractivity contribution in [2.75, 3.05) is 13.2 Å². The molecule has 0 bridgehead atoms. The average Bonchev–Trinajstić information content (AvgIpc) is 2.38. The van der Waals surface area contributed by atoms with E-state index in [1.165, 1.54) is 0 Å². The topological polar surface area (TPSA) is 90.9 Å². The molecule has 0 spiro atoms. The van der Waals surface area contributed by atoms with Crippen LogP contribution in [-0.4, -0.2) is 29.3 Å². The Labute approximate surface area is 101 Å². The number of hydrogen-bond acceptors (Lipinski definition) is 4. The van der Waals surface area contributed by atoms with E-state index in [-0.39, 0.29) is 18.5 Å². The van der Waals surface area contributed by atoms with Crippen molar-refractivity contribution in [2.24, 2.45) is 10.9 Å². The number of benzene rings is 1. The van der Waals surface area contributed by atoms with Gasteiger partial charge in [0.2, 0.25) is 0 Å². The van der Waals surface area contributed by atoms with Crippen molar-refractivity contribution >= 4 is 5.84 Å². The van der Waals surface area contributed by atoms with Crippen LogP contribution in [0.5, 0.6) is 0 Å². The third-order valence-electron chi connectivity index (χ3n) is 2.47. The lowest BCUT2D eigenvalue weighted by atomic mass is 10.0. The summed E-state index contributed by atoms with van der Waals surface area (Å²) >= 11 is 0. The van der Waals surface area contributed by atoms with Gasteiger partial charge in [0.15, 0.2) is 0 Å². The first kappa shape index (κ1) is 13.5. The molecule has 0 saturated carbocycles. The van der Waals surface area contributed by atoms with Crippen LogP contribution in [0.2, 0.25) is 0 Å². The van der Waals surface area contributed by atoms with Gasteiger partial charge >= 0.3 is 0 Å². The largest absolute Gasteiger partial charge is 0.409 e. The average molecular weight is 237 g/mol. The van der Waals surface area contributed by atoms with Gasteiger partial charge in [-0.1, -0.05) is 35.5 Å². The van der Waals surface area contributed by atoms with Gasteiger partial charge in [0.05, 0.1) is 0 Å². The van der Waals surface area contributed by atoms with Gasteiger partial charge in [-0.05, 0) is 18.5 Å². The first-order valence-corrected chi connectivity index (χ1v) is 5.63. The molecule has 1 aromatic carbocycles. The summed E-state index contributed by atoms with van der Waals surface area (Å²) in [5.74, 6) is 0.190. The Bertz CT molecular complexity index is 341. The van der Waals surface area contributed by atoms with Crippen LogP contribution < -0.4 is 11.1 Å². The van der Waals surface area contributed by atoms with E-state index in [1.807, 2.05) is 30.3 Å². The maximum absolute atomic E-state index is 8.75. The zero-order valence-corrected chi connectivity index (χ0v) is 9.71. The van der Waals surface area contributed by atoms with Crippen LogP contribution in [0.25, 0.3) is 0 Å². The molecule has 17 heavy (non-hydrogen) atoms. The summed E-state index contributed by atoms with van der Waals surface area (Å²) in [6, 6.07) is 9.81. The maximum atomic E-state index is 8.75. The third-order valence-corrected chi connectivity index (χ3v) is 2.47. The van der Waals surface area contributed by atoms with E-state index in [9.17, 15) is 0 Å². The monoisotopic (exact) mass is 237 g/mol. The molecule has 5 heteroatoms.